The maximum absolute atomic E-state index is 11.1. The van der Waals surface area contributed by atoms with Crippen molar-refractivity contribution in [3.63, 3.8) is 0 Å². The molecule has 1 fully saturated rings. The van der Waals surface area contributed by atoms with Gasteiger partial charge in [-0.3, -0.25) is 9.78 Å². The molecule has 6 heteroatoms. The highest BCUT2D eigenvalue weighted by Gasteiger charge is 2.39. The van der Waals surface area contributed by atoms with Crippen molar-refractivity contribution in [2.45, 2.75) is 31.3 Å². The van der Waals surface area contributed by atoms with E-state index in [0.29, 0.717) is 12.8 Å². The van der Waals surface area contributed by atoms with Crippen molar-refractivity contribution in [3.8, 4) is 0 Å². The van der Waals surface area contributed by atoms with Gasteiger partial charge in [0.15, 0.2) is 0 Å². The monoisotopic (exact) mass is 265 g/mol. The molecule has 1 aliphatic rings. The lowest BCUT2D eigenvalue weighted by Gasteiger charge is -2.35. The van der Waals surface area contributed by atoms with Gasteiger partial charge >= 0.3 is 11.9 Å². The van der Waals surface area contributed by atoms with Gasteiger partial charge in [0.1, 0.15) is 0 Å². The molecule has 19 heavy (non-hydrogen) atoms. The molecule has 1 heterocycles. The molecule has 1 aromatic heterocycles. The second kappa shape index (κ2) is 4.97. The van der Waals surface area contributed by atoms with Gasteiger partial charge in [0, 0.05) is 18.0 Å². The zero-order valence-corrected chi connectivity index (χ0v) is 10.2. The second-order valence-corrected chi connectivity index (χ2v) is 4.87. The molecule has 2 rings (SSSR count). The molecule has 0 spiro atoms. The third-order valence-electron chi connectivity index (χ3n) is 3.71. The fraction of sp³-hybridized carbons (Fsp3) is 0.462. The Morgan fingerprint density at radius 3 is 2.42 bits per heavy atom. The summed E-state index contributed by atoms with van der Waals surface area (Å²) in [6.07, 6.45) is 3.84. The van der Waals surface area contributed by atoms with Crippen LogP contribution < -0.4 is 0 Å². The molecule has 1 aliphatic carbocycles. The summed E-state index contributed by atoms with van der Waals surface area (Å²) in [6, 6.07) is 1.35. The number of nitrogens with zero attached hydrogens (tertiary/aromatic N) is 1. The van der Waals surface area contributed by atoms with Crippen LogP contribution in [0.1, 0.15) is 41.6 Å². The minimum absolute atomic E-state index is 0.0197. The van der Waals surface area contributed by atoms with E-state index in [-0.39, 0.29) is 24.0 Å². The number of hydrogen-bond donors (Lipinski definition) is 3. The van der Waals surface area contributed by atoms with Crippen molar-refractivity contribution in [2.75, 3.05) is 0 Å². The fourth-order valence-electron chi connectivity index (χ4n) is 2.56. The van der Waals surface area contributed by atoms with E-state index in [1.165, 1.54) is 18.5 Å². The SMILES string of the molecule is O=C(O)c1ccncc1C1(O)CCC(C(=O)O)CC1. The maximum atomic E-state index is 11.1. The molecular formula is C13H15NO5. The van der Waals surface area contributed by atoms with Gasteiger partial charge in [0.25, 0.3) is 0 Å². The van der Waals surface area contributed by atoms with Gasteiger partial charge in [0.05, 0.1) is 17.1 Å². The van der Waals surface area contributed by atoms with E-state index in [9.17, 15) is 14.7 Å². The van der Waals surface area contributed by atoms with Gasteiger partial charge in [-0.2, -0.15) is 0 Å². The molecule has 1 aromatic rings. The predicted molar refractivity (Wildman–Crippen MR) is 64.7 cm³/mol. The largest absolute Gasteiger partial charge is 0.481 e. The molecule has 3 N–H and O–H groups in total. The zero-order valence-electron chi connectivity index (χ0n) is 10.2. The summed E-state index contributed by atoms with van der Waals surface area (Å²) >= 11 is 0. The first kappa shape index (κ1) is 13.5. The van der Waals surface area contributed by atoms with E-state index in [1.807, 2.05) is 0 Å². The molecule has 0 aromatic carbocycles. The average Bonchev–Trinajstić information content (AvgIpc) is 2.39. The Balaban J connectivity index is 2.27. The van der Waals surface area contributed by atoms with Crippen molar-refractivity contribution in [1.29, 1.82) is 0 Å². The molecule has 0 amide bonds. The Morgan fingerprint density at radius 1 is 1.26 bits per heavy atom. The summed E-state index contributed by atoms with van der Waals surface area (Å²) in [5, 5.41) is 28.6. The van der Waals surface area contributed by atoms with E-state index < -0.39 is 23.5 Å². The summed E-state index contributed by atoms with van der Waals surface area (Å²) < 4.78 is 0. The number of aliphatic hydroxyl groups is 1. The van der Waals surface area contributed by atoms with Crippen molar-refractivity contribution < 1.29 is 24.9 Å². The van der Waals surface area contributed by atoms with Crippen molar-refractivity contribution in [3.05, 3.63) is 29.6 Å². The van der Waals surface area contributed by atoms with E-state index in [0.717, 1.165) is 0 Å². The molecule has 0 saturated heterocycles. The van der Waals surface area contributed by atoms with Crippen molar-refractivity contribution in [1.82, 2.24) is 4.98 Å². The fourth-order valence-corrected chi connectivity index (χ4v) is 2.56. The van der Waals surface area contributed by atoms with Crippen LogP contribution in [0.4, 0.5) is 0 Å². The van der Waals surface area contributed by atoms with Gasteiger partial charge in [-0.25, -0.2) is 4.79 Å². The first-order valence-electron chi connectivity index (χ1n) is 6.07. The standard InChI is InChI=1S/C13H15NO5/c15-11(16)8-1-4-13(19,5-2-8)10-7-14-6-3-9(10)12(17)18/h3,6-8,19H,1-2,4-5H2,(H,15,16)(H,17,18). The van der Waals surface area contributed by atoms with E-state index in [4.69, 9.17) is 10.2 Å². The molecule has 0 atom stereocenters. The normalized spacial score (nSPS) is 26.9. The van der Waals surface area contributed by atoms with Crippen LogP contribution >= 0.6 is 0 Å². The quantitative estimate of drug-likeness (QED) is 0.759. The molecule has 0 unspecified atom stereocenters. The Bertz CT molecular complexity index is 506. The van der Waals surface area contributed by atoms with Crippen LogP contribution in [0.5, 0.6) is 0 Å². The lowest BCUT2D eigenvalue weighted by Crippen LogP contribution is -2.35. The Labute approximate surface area is 109 Å². The van der Waals surface area contributed by atoms with Crippen LogP contribution in [0, 0.1) is 5.92 Å². The molecule has 1 saturated carbocycles. The Kier molecular flexibility index (Phi) is 3.53. The smallest absolute Gasteiger partial charge is 0.336 e. The highest BCUT2D eigenvalue weighted by Crippen LogP contribution is 2.40. The highest BCUT2D eigenvalue weighted by molar-refractivity contribution is 5.89. The number of carboxylic acids is 2. The van der Waals surface area contributed by atoms with Gasteiger partial charge in [-0.15, -0.1) is 0 Å². The summed E-state index contributed by atoms with van der Waals surface area (Å²) in [6.45, 7) is 0. The second-order valence-electron chi connectivity index (χ2n) is 4.87. The lowest BCUT2D eigenvalue weighted by molar-refractivity contribution is -0.145. The van der Waals surface area contributed by atoms with Gasteiger partial charge in [-0.05, 0) is 31.7 Å². The van der Waals surface area contributed by atoms with Crippen LogP contribution in [-0.4, -0.2) is 32.2 Å². The Hall–Kier alpha value is -1.95. The topological polar surface area (TPSA) is 108 Å². The van der Waals surface area contributed by atoms with Gasteiger partial charge in [0.2, 0.25) is 0 Å². The van der Waals surface area contributed by atoms with E-state index >= 15 is 0 Å². The zero-order chi connectivity index (χ0) is 14.0. The first-order valence-corrected chi connectivity index (χ1v) is 6.07. The van der Waals surface area contributed by atoms with Gasteiger partial charge < -0.3 is 15.3 Å². The summed E-state index contributed by atoms with van der Waals surface area (Å²) in [5.41, 5.74) is -1.01. The van der Waals surface area contributed by atoms with Crippen LogP contribution in [0.2, 0.25) is 0 Å². The summed E-state index contributed by atoms with van der Waals surface area (Å²) in [7, 11) is 0. The minimum Gasteiger partial charge on any atom is -0.481 e. The molecule has 0 bridgehead atoms. The van der Waals surface area contributed by atoms with E-state index in [1.54, 1.807) is 0 Å². The van der Waals surface area contributed by atoms with Crippen LogP contribution in [0.15, 0.2) is 18.5 Å². The third-order valence-corrected chi connectivity index (χ3v) is 3.71. The minimum atomic E-state index is -1.30. The van der Waals surface area contributed by atoms with E-state index in [2.05, 4.69) is 4.98 Å². The molecule has 102 valence electrons. The number of aromatic nitrogens is 1. The molecule has 0 radical (unpaired) electrons. The summed E-state index contributed by atoms with van der Waals surface area (Å²) in [5.74, 6) is -2.46. The third kappa shape index (κ3) is 2.58. The average molecular weight is 265 g/mol. The molecule has 0 aliphatic heterocycles. The number of carbonyl (C=O) groups is 2. The van der Waals surface area contributed by atoms with Gasteiger partial charge in [-0.1, -0.05) is 0 Å². The Morgan fingerprint density at radius 2 is 1.89 bits per heavy atom. The number of carboxylic acid groups (broad SMARTS) is 2. The summed E-state index contributed by atoms with van der Waals surface area (Å²) in [4.78, 5) is 25.9. The number of hydrogen-bond acceptors (Lipinski definition) is 4. The van der Waals surface area contributed by atoms with Crippen LogP contribution in [-0.2, 0) is 10.4 Å². The molecular weight excluding hydrogens is 250 g/mol. The predicted octanol–water partition coefficient (Wildman–Crippen LogP) is 1.24. The maximum Gasteiger partial charge on any atom is 0.336 e. The number of aromatic carboxylic acids is 1. The van der Waals surface area contributed by atoms with Crippen molar-refractivity contribution in [2.24, 2.45) is 5.92 Å². The highest BCUT2D eigenvalue weighted by atomic mass is 16.4. The van der Waals surface area contributed by atoms with Crippen molar-refractivity contribution >= 4 is 11.9 Å². The number of aliphatic carboxylic acids is 1. The van der Waals surface area contributed by atoms with Crippen LogP contribution in [0.25, 0.3) is 0 Å². The van der Waals surface area contributed by atoms with Crippen LogP contribution in [0.3, 0.4) is 0 Å². The first-order chi connectivity index (χ1) is 8.94. The molecule has 6 nitrogen and oxygen atoms in total. The number of rotatable bonds is 3. The lowest BCUT2D eigenvalue weighted by atomic mass is 9.74. The number of pyridine rings is 1.